The first-order valence-electron chi connectivity index (χ1n) is 37.3. The molecule has 99 heavy (non-hydrogen) atoms. The summed E-state index contributed by atoms with van der Waals surface area (Å²) < 4.78 is 58.9. The van der Waals surface area contributed by atoms with E-state index in [1.165, 1.54) is 135 Å². The maximum Gasteiger partial charge on any atom is 0.220 e. The molecule has 0 bridgehead atoms. The van der Waals surface area contributed by atoms with Crippen LogP contribution < -0.4 is 10.6 Å². The third-order valence-corrected chi connectivity index (χ3v) is 19.7. The predicted molar refractivity (Wildman–Crippen MR) is 357 cm³/mol. The van der Waals surface area contributed by atoms with Crippen molar-refractivity contribution in [3.63, 3.8) is 0 Å². The molecule has 2 amide bonds. The maximum atomic E-state index is 13.5. The van der Waals surface area contributed by atoms with Gasteiger partial charge in [-0.1, -0.05) is 193 Å². The standard InChI is InChI=1S/C70H128N2O27/c1-5-7-9-11-13-15-17-19-20-21-22-24-26-28-30-32-34-36-50(79)72-44(45(78)35-33-31-29-27-25-23-18-16-14-12-10-8-6-2)41-90-67-60(88)58(86)63(49(40-76)95-67)96-69-61(89)64(54(82)47(38-74)92-69)98-66-51(71-43(4)77)55(83)62(48(39-75)94-66)97-70-65(57(85)53(81)46(37-73)93-70)99-68-59(87)56(84)52(80)42(3)91-68/h33,35,42,44-49,51-70,73-76,78,80-89H,5-32,34,36-41H2,1-4H3,(H,71,77)(H,72,79)/b35-33+/t42?,44-,45+,46?,47?,48?,49?,51?,52+,53-,54-,55+,56?,57-,58+,59-,60?,61?,62+,63+,64-,65?,66-,67+,68+,69-,70-/m0/s1. The number of aliphatic hydroxyl groups is 15. The topological polar surface area (TPSA) is 454 Å². The minimum atomic E-state index is -2.14. The number of aliphatic hydroxyl groups excluding tert-OH is 15. The number of hydrogen-bond donors (Lipinski definition) is 17. The number of hydrogen-bond acceptors (Lipinski definition) is 27. The van der Waals surface area contributed by atoms with Crippen molar-refractivity contribution in [1.29, 1.82) is 0 Å². The van der Waals surface area contributed by atoms with E-state index in [0.717, 1.165) is 51.9 Å². The van der Waals surface area contributed by atoms with Crippen molar-refractivity contribution in [2.24, 2.45) is 0 Å². The van der Waals surface area contributed by atoms with E-state index in [0.29, 0.717) is 12.8 Å². The van der Waals surface area contributed by atoms with E-state index >= 15 is 0 Å². The molecule has 5 aliphatic rings. The molecular weight excluding hydrogens is 1300 g/mol. The van der Waals surface area contributed by atoms with Crippen LogP contribution in [-0.4, -0.2) is 287 Å². The predicted octanol–water partition coefficient (Wildman–Crippen LogP) is 1.42. The molecule has 0 saturated carbocycles. The molecule has 0 aromatic carbocycles. The van der Waals surface area contributed by atoms with Gasteiger partial charge in [-0.3, -0.25) is 9.59 Å². The van der Waals surface area contributed by atoms with E-state index in [2.05, 4.69) is 24.5 Å². The number of carbonyl (C=O) groups is 2. The summed E-state index contributed by atoms with van der Waals surface area (Å²) in [5, 5.41) is 171. The lowest BCUT2D eigenvalue weighted by atomic mass is 9.94. The summed E-state index contributed by atoms with van der Waals surface area (Å²) >= 11 is 0. The van der Waals surface area contributed by atoms with Crippen LogP contribution in [0.3, 0.4) is 0 Å². The largest absolute Gasteiger partial charge is 0.394 e. The van der Waals surface area contributed by atoms with Crippen LogP contribution in [-0.2, 0) is 57.0 Å². The average molecular weight is 1430 g/mol. The monoisotopic (exact) mass is 1430 g/mol. The van der Waals surface area contributed by atoms with Gasteiger partial charge in [0.25, 0.3) is 0 Å². The van der Waals surface area contributed by atoms with Gasteiger partial charge in [0.05, 0.1) is 51.3 Å². The summed E-state index contributed by atoms with van der Waals surface area (Å²) in [4.78, 5) is 26.3. The summed E-state index contributed by atoms with van der Waals surface area (Å²) in [6.45, 7) is 2.64. The molecule has 29 heteroatoms. The number of ether oxygens (including phenoxy) is 10. The van der Waals surface area contributed by atoms with Crippen molar-refractivity contribution in [2.45, 2.75) is 386 Å². The lowest BCUT2D eigenvalue weighted by Crippen LogP contribution is -2.70. The fourth-order valence-electron chi connectivity index (χ4n) is 13.5. The Balaban J connectivity index is 1.20. The van der Waals surface area contributed by atoms with Gasteiger partial charge in [-0.2, -0.15) is 0 Å². The zero-order chi connectivity index (χ0) is 72.4. The number of allylic oxidation sites excluding steroid dienone is 1. The smallest absolute Gasteiger partial charge is 0.220 e. The Morgan fingerprint density at radius 2 is 0.818 bits per heavy atom. The molecule has 5 aliphatic heterocycles. The molecule has 580 valence electrons. The summed E-state index contributed by atoms with van der Waals surface area (Å²) in [5.74, 6) is -1.14. The quantitative estimate of drug-likeness (QED) is 0.0302. The number of unbranched alkanes of at least 4 members (excludes halogenated alkanes) is 27. The van der Waals surface area contributed by atoms with Gasteiger partial charge in [-0.15, -0.1) is 0 Å². The number of amides is 2. The average Bonchev–Trinajstić information content (AvgIpc) is 0.773. The molecule has 27 atom stereocenters. The molecular formula is C70H128N2O27. The highest BCUT2D eigenvalue weighted by atomic mass is 16.8. The zero-order valence-corrected chi connectivity index (χ0v) is 59.1. The Bertz CT molecular complexity index is 2170. The number of nitrogens with one attached hydrogen (secondary N) is 2. The summed E-state index contributed by atoms with van der Waals surface area (Å²) in [6, 6.07) is -2.80. The maximum absolute atomic E-state index is 13.5. The highest BCUT2D eigenvalue weighted by Gasteiger charge is 2.57. The lowest BCUT2D eigenvalue weighted by Gasteiger charge is -2.50. The SMILES string of the molecule is CCCCCCCCCCCCC/C=C/[C@@H](O)[C@H](CO[C@@H]1OC(CO)[C@@H](O[C@@H]2OC(CO)[C@H](O)[C@H](O[C@@H]3OC(CO)[C@@H](O[C@@H]4OC(CO)[C@H](O)[C@H](O)C4O[C@H]4OC(C)[C@@H](O)C(O)[C@@H]4O)[C@H](O)C3NC(C)=O)C2O)[C@H](O)C1O)NC(=O)CCCCCCCCCCCCCCCCCCC. The summed E-state index contributed by atoms with van der Waals surface area (Å²) in [7, 11) is 0. The van der Waals surface area contributed by atoms with E-state index in [9.17, 15) is 86.2 Å². The number of carbonyl (C=O) groups excluding carboxylic acids is 2. The van der Waals surface area contributed by atoms with Gasteiger partial charge in [0, 0.05) is 13.3 Å². The van der Waals surface area contributed by atoms with Crippen molar-refractivity contribution in [2.75, 3.05) is 33.0 Å². The molecule has 5 rings (SSSR count). The summed E-state index contributed by atoms with van der Waals surface area (Å²) in [5.41, 5.74) is 0. The highest BCUT2D eigenvalue weighted by molar-refractivity contribution is 5.76. The Kier molecular flexibility index (Phi) is 42.3. The molecule has 17 N–H and O–H groups in total. The van der Waals surface area contributed by atoms with Crippen LogP contribution in [0, 0.1) is 0 Å². The second kappa shape index (κ2) is 48.0. The van der Waals surface area contributed by atoms with Gasteiger partial charge in [0.1, 0.15) is 116 Å². The molecule has 0 radical (unpaired) electrons. The molecule has 0 aromatic rings. The highest BCUT2D eigenvalue weighted by Crippen LogP contribution is 2.37. The molecule has 0 spiro atoms. The summed E-state index contributed by atoms with van der Waals surface area (Å²) in [6.07, 6.45) is -7.19. The molecule has 29 nitrogen and oxygen atoms in total. The second-order valence-corrected chi connectivity index (χ2v) is 27.8. The molecule has 5 saturated heterocycles. The van der Waals surface area contributed by atoms with Crippen molar-refractivity contribution < 1.29 is 134 Å². The first-order chi connectivity index (χ1) is 47.7. The van der Waals surface area contributed by atoms with E-state index in [4.69, 9.17) is 47.4 Å². The van der Waals surface area contributed by atoms with Gasteiger partial charge >= 0.3 is 0 Å². The van der Waals surface area contributed by atoms with Crippen LogP contribution in [0.4, 0.5) is 0 Å². The Hall–Kier alpha value is -2.32. The van der Waals surface area contributed by atoms with Gasteiger partial charge in [-0.25, -0.2) is 0 Å². The zero-order valence-electron chi connectivity index (χ0n) is 59.1. The molecule has 0 aliphatic carbocycles. The van der Waals surface area contributed by atoms with E-state index in [-0.39, 0.29) is 12.3 Å². The fraction of sp³-hybridized carbons (Fsp3) is 0.943. The van der Waals surface area contributed by atoms with E-state index in [1.54, 1.807) is 6.08 Å². The van der Waals surface area contributed by atoms with Crippen molar-refractivity contribution in [1.82, 2.24) is 10.6 Å². The van der Waals surface area contributed by atoms with Crippen LogP contribution in [0.15, 0.2) is 12.2 Å². The van der Waals surface area contributed by atoms with Gasteiger partial charge in [-0.05, 0) is 26.2 Å². The van der Waals surface area contributed by atoms with Gasteiger partial charge < -0.3 is 135 Å². The first-order valence-corrected chi connectivity index (χ1v) is 37.3. The molecule has 5 fully saturated rings. The van der Waals surface area contributed by atoms with Crippen LogP contribution >= 0.6 is 0 Å². The number of rotatable bonds is 49. The lowest BCUT2D eigenvalue weighted by molar-refractivity contribution is -0.391. The minimum Gasteiger partial charge on any atom is -0.394 e. The van der Waals surface area contributed by atoms with Crippen LogP contribution in [0.1, 0.15) is 220 Å². The van der Waals surface area contributed by atoms with Gasteiger partial charge in [0.15, 0.2) is 31.5 Å². The molecule has 10 unspecified atom stereocenters. The second-order valence-electron chi connectivity index (χ2n) is 27.8. The third kappa shape index (κ3) is 28.2. The van der Waals surface area contributed by atoms with Crippen LogP contribution in [0.2, 0.25) is 0 Å². The van der Waals surface area contributed by atoms with E-state index in [1.807, 2.05) is 6.08 Å². The Labute approximate surface area is 585 Å². The van der Waals surface area contributed by atoms with Crippen LogP contribution in [0.25, 0.3) is 0 Å². The van der Waals surface area contributed by atoms with E-state index < -0.39 is 205 Å². The Morgan fingerprint density at radius 1 is 0.414 bits per heavy atom. The third-order valence-electron chi connectivity index (χ3n) is 19.7. The van der Waals surface area contributed by atoms with Crippen molar-refractivity contribution in [3.8, 4) is 0 Å². The fourth-order valence-corrected chi connectivity index (χ4v) is 13.5. The normalized spacial score (nSPS) is 35.9. The Morgan fingerprint density at radius 3 is 1.33 bits per heavy atom. The van der Waals surface area contributed by atoms with Crippen molar-refractivity contribution in [3.05, 3.63) is 12.2 Å². The molecule has 0 aromatic heterocycles. The molecule has 5 heterocycles. The van der Waals surface area contributed by atoms with Crippen molar-refractivity contribution >= 4 is 11.8 Å². The first kappa shape index (κ1) is 87.3. The van der Waals surface area contributed by atoms with Gasteiger partial charge in [0.2, 0.25) is 11.8 Å². The minimum absolute atomic E-state index is 0.197. The van der Waals surface area contributed by atoms with Crippen LogP contribution in [0.5, 0.6) is 0 Å².